The van der Waals surface area contributed by atoms with Gasteiger partial charge in [0.25, 0.3) is 5.91 Å². The lowest BCUT2D eigenvalue weighted by Gasteiger charge is -2.56. The lowest BCUT2D eigenvalue weighted by atomic mass is 9.76. The van der Waals surface area contributed by atoms with Gasteiger partial charge in [-0.05, 0) is 44.5 Å². The van der Waals surface area contributed by atoms with E-state index in [-0.39, 0.29) is 22.5 Å². The fourth-order valence-electron chi connectivity index (χ4n) is 3.67. The monoisotopic (exact) mass is 369 g/mol. The summed E-state index contributed by atoms with van der Waals surface area (Å²) in [5.74, 6) is -1.10. The molecule has 1 aromatic carbocycles. The van der Waals surface area contributed by atoms with Gasteiger partial charge in [-0.2, -0.15) is 0 Å². The van der Waals surface area contributed by atoms with Crippen LogP contribution in [0.1, 0.15) is 36.5 Å². The average molecular weight is 369 g/mol. The number of piperidine rings is 1. The van der Waals surface area contributed by atoms with E-state index in [1.807, 2.05) is 7.05 Å². The van der Waals surface area contributed by atoms with Gasteiger partial charge in [-0.1, -0.05) is 6.92 Å². The van der Waals surface area contributed by atoms with Crippen molar-refractivity contribution in [2.75, 3.05) is 33.2 Å². The molecule has 0 aromatic heterocycles. The Bertz CT molecular complexity index is 773. The number of amides is 1. The van der Waals surface area contributed by atoms with E-state index in [4.69, 9.17) is 0 Å². The molecule has 25 heavy (non-hydrogen) atoms. The zero-order valence-electron chi connectivity index (χ0n) is 14.6. The molecule has 0 atom stereocenters. The first kappa shape index (κ1) is 18.3. The predicted octanol–water partition coefficient (Wildman–Crippen LogP) is 1.43. The zero-order chi connectivity index (χ0) is 18.2. The summed E-state index contributed by atoms with van der Waals surface area (Å²) in [7, 11) is -1.68. The summed E-state index contributed by atoms with van der Waals surface area (Å²) in [5.41, 5.74) is -0.371. The van der Waals surface area contributed by atoms with Gasteiger partial charge in [0.15, 0.2) is 0 Å². The lowest BCUT2D eigenvalue weighted by Crippen LogP contribution is -2.65. The maximum absolute atomic E-state index is 14.3. The van der Waals surface area contributed by atoms with Crippen molar-refractivity contribution in [2.24, 2.45) is 0 Å². The summed E-state index contributed by atoms with van der Waals surface area (Å²) >= 11 is 0. The number of likely N-dealkylation sites (tertiary alicyclic amines) is 2. The van der Waals surface area contributed by atoms with Crippen molar-refractivity contribution >= 4 is 15.9 Å². The molecule has 1 amide bonds. The third-order valence-corrected chi connectivity index (χ3v) is 6.89. The molecule has 6 nitrogen and oxygen atoms in total. The van der Waals surface area contributed by atoms with E-state index < -0.39 is 21.7 Å². The second kappa shape index (κ2) is 6.66. The fraction of sp³-hybridized carbons (Fsp3) is 0.588. The van der Waals surface area contributed by atoms with E-state index in [2.05, 4.69) is 9.62 Å². The Morgan fingerprint density at radius 3 is 2.44 bits per heavy atom. The first-order chi connectivity index (χ1) is 11.8. The van der Waals surface area contributed by atoms with Crippen LogP contribution in [0.25, 0.3) is 0 Å². The third kappa shape index (κ3) is 3.30. The Kier molecular flexibility index (Phi) is 4.87. The number of carbonyl (C=O) groups excluding carboxylic acids is 1. The van der Waals surface area contributed by atoms with Crippen LogP contribution in [0.2, 0.25) is 0 Å². The van der Waals surface area contributed by atoms with Crippen LogP contribution in [0.3, 0.4) is 0 Å². The zero-order valence-corrected chi connectivity index (χ0v) is 15.4. The van der Waals surface area contributed by atoms with Gasteiger partial charge < -0.3 is 9.80 Å². The van der Waals surface area contributed by atoms with E-state index in [9.17, 15) is 17.6 Å². The van der Waals surface area contributed by atoms with Crippen molar-refractivity contribution in [3.8, 4) is 0 Å². The summed E-state index contributed by atoms with van der Waals surface area (Å²) in [5, 5.41) is 0. The molecule has 2 aliphatic rings. The molecule has 2 aliphatic heterocycles. The molecule has 2 heterocycles. The standard InChI is InChI=1S/C17H24FN3O3S/c1-3-19-25(23,24)13-4-5-15(18)14(12-13)16(22)21-11-8-17(21)6-9-20(2)10-7-17/h4-5,12,19H,3,6-11H2,1-2H3. The summed E-state index contributed by atoms with van der Waals surface area (Å²) < 4.78 is 40.9. The molecule has 2 saturated heterocycles. The van der Waals surface area contributed by atoms with E-state index in [1.54, 1.807) is 11.8 Å². The quantitative estimate of drug-likeness (QED) is 0.872. The SMILES string of the molecule is CCNS(=O)(=O)c1ccc(F)c(C(=O)N2CCC23CCN(C)CC3)c1. The minimum Gasteiger partial charge on any atom is -0.333 e. The van der Waals surface area contributed by atoms with Gasteiger partial charge >= 0.3 is 0 Å². The van der Waals surface area contributed by atoms with Crippen molar-refractivity contribution < 1.29 is 17.6 Å². The smallest absolute Gasteiger partial charge is 0.257 e. The van der Waals surface area contributed by atoms with Crippen LogP contribution >= 0.6 is 0 Å². The number of nitrogens with one attached hydrogen (secondary N) is 1. The van der Waals surface area contributed by atoms with Gasteiger partial charge in [0, 0.05) is 31.7 Å². The molecule has 1 aromatic rings. The normalized spacial score (nSPS) is 20.5. The van der Waals surface area contributed by atoms with Crippen molar-refractivity contribution in [1.82, 2.24) is 14.5 Å². The third-order valence-electron chi connectivity index (χ3n) is 5.35. The Labute approximate surface area is 148 Å². The largest absolute Gasteiger partial charge is 0.333 e. The second-order valence-electron chi connectivity index (χ2n) is 6.88. The first-order valence-corrected chi connectivity index (χ1v) is 10.1. The predicted molar refractivity (Wildman–Crippen MR) is 92.4 cm³/mol. The van der Waals surface area contributed by atoms with E-state index in [0.717, 1.165) is 44.5 Å². The minimum atomic E-state index is -3.73. The summed E-state index contributed by atoms with van der Waals surface area (Å²) in [6, 6.07) is 3.39. The lowest BCUT2D eigenvalue weighted by molar-refractivity contribution is -0.0353. The number of hydrogen-bond acceptors (Lipinski definition) is 4. The molecular weight excluding hydrogens is 345 g/mol. The number of halogens is 1. The Hall–Kier alpha value is -1.51. The highest BCUT2D eigenvalue weighted by atomic mass is 32.2. The van der Waals surface area contributed by atoms with Gasteiger partial charge in [-0.25, -0.2) is 17.5 Å². The van der Waals surface area contributed by atoms with Crippen LogP contribution in [0.5, 0.6) is 0 Å². The molecule has 0 bridgehead atoms. The van der Waals surface area contributed by atoms with Crippen LogP contribution in [-0.2, 0) is 10.0 Å². The molecular formula is C17H24FN3O3S. The first-order valence-electron chi connectivity index (χ1n) is 8.59. The molecule has 2 fully saturated rings. The van der Waals surface area contributed by atoms with E-state index >= 15 is 0 Å². The molecule has 1 N–H and O–H groups in total. The number of carbonyl (C=O) groups is 1. The maximum Gasteiger partial charge on any atom is 0.257 e. The molecule has 3 rings (SSSR count). The van der Waals surface area contributed by atoms with Gasteiger partial charge in [0.2, 0.25) is 10.0 Å². The summed E-state index contributed by atoms with van der Waals surface area (Å²) in [6.45, 7) is 4.29. The molecule has 0 saturated carbocycles. The van der Waals surface area contributed by atoms with Crippen molar-refractivity contribution in [3.63, 3.8) is 0 Å². The summed E-state index contributed by atoms with van der Waals surface area (Å²) in [4.78, 5) is 16.8. The number of rotatable bonds is 4. The Balaban J connectivity index is 1.87. The Morgan fingerprint density at radius 1 is 1.24 bits per heavy atom. The van der Waals surface area contributed by atoms with Crippen LogP contribution in [0, 0.1) is 5.82 Å². The van der Waals surface area contributed by atoms with Gasteiger partial charge in [-0.15, -0.1) is 0 Å². The molecule has 138 valence electrons. The highest BCUT2D eigenvalue weighted by Gasteiger charge is 2.48. The fourth-order valence-corrected chi connectivity index (χ4v) is 4.73. The van der Waals surface area contributed by atoms with Crippen molar-refractivity contribution in [1.29, 1.82) is 0 Å². The van der Waals surface area contributed by atoms with Crippen molar-refractivity contribution in [3.05, 3.63) is 29.6 Å². The number of nitrogens with zero attached hydrogens (tertiary/aromatic N) is 2. The van der Waals surface area contributed by atoms with Crippen LogP contribution in [-0.4, -0.2) is 62.9 Å². The highest BCUT2D eigenvalue weighted by Crippen LogP contribution is 2.40. The maximum atomic E-state index is 14.3. The van der Waals surface area contributed by atoms with Crippen molar-refractivity contribution in [2.45, 2.75) is 36.6 Å². The van der Waals surface area contributed by atoms with Gasteiger partial charge in [0.05, 0.1) is 10.5 Å². The second-order valence-corrected chi connectivity index (χ2v) is 8.64. The molecule has 0 radical (unpaired) electrons. The molecule has 1 spiro atoms. The van der Waals surface area contributed by atoms with E-state index in [0.29, 0.717) is 6.54 Å². The van der Waals surface area contributed by atoms with Crippen LogP contribution in [0.15, 0.2) is 23.1 Å². The van der Waals surface area contributed by atoms with Gasteiger partial charge in [-0.3, -0.25) is 4.79 Å². The number of sulfonamides is 1. The molecule has 0 aliphatic carbocycles. The minimum absolute atomic E-state index is 0.0861. The number of benzene rings is 1. The summed E-state index contributed by atoms with van der Waals surface area (Å²) in [6.07, 6.45) is 2.65. The molecule has 0 unspecified atom stereocenters. The van der Waals surface area contributed by atoms with Crippen LogP contribution < -0.4 is 4.72 Å². The highest BCUT2D eigenvalue weighted by molar-refractivity contribution is 7.89. The van der Waals surface area contributed by atoms with E-state index in [1.165, 1.54) is 6.07 Å². The Morgan fingerprint density at radius 2 is 1.88 bits per heavy atom. The van der Waals surface area contributed by atoms with Crippen LogP contribution in [0.4, 0.5) is 4.39 Å². The molecule has 8 heteroatoms. The average Bonchev–Trinajstić information content (AvgIpc) is 2.54. The topological polar surface area (TPSA) is 69.7 Å². The van der Waals surface area contributed by atoms with Gasteiger partial charge in [0.1, 0.15) is 5.82 Å². The number of hydrogen-bond donors (Lipinski definition) is 1.